The quantitative estimate of drug-likeness (QED) is 0.609. The van der Waals surface area contributed by atoms with Gasteiger partial charge in [0.2, 0.25) is 0 Å². The van der Waals surface area contributed by atoms with Crippen LogP contribution in [0.5, 0.6) is 0 Å². The number of carboxylic acid groups (broad SMARTS) is 1. The summed E-state index contributed by atoms with van der Waals surface area (Å²) >= 11 is 0. The van der Waals surface area contributed by atoms with Gasteiger partial charge >= 0.3 is 12.0 Å². The van der Waals surface area contributed by atoms with Gasteiger partial charge < -0.3 is 15.7 Å². The zero-order valence-electron chi connectivity index (χ0n) is 13.5. The summed E-state index contributed by atoms with van der Waals surface area (Å²) in [5, 5.41) is 14.4. The summed E-state index contributed by atoms with van der Waals surface area (Å²) < 4.78 is 0. The lowest BCUT2D eigenvalue weighted by Crippen LogP contribution is -2.42. The van der Waals surface area contributed by atoms with Crippen LogP contribution in [0.2, 0.25) is 0 Å². The van der Waals surface area contributed by atoms with E-state index in [0.29, 0.717) is 18.9 Å². The van der Waals surface area contributed by atoms with Gasteiger partial charge in [-0.05, 0) is 37.5 Å². The van der Waals surface area contributed by atoms with E-state index in [1.165, 1.54) is 0 Å². The van der Waals surface area contributed by atoms with Crippen LogP contribution >= 0.6 is 0 Å². The lowest BCUT2D eigenvalue weighted by Gasteiger charge is -2.24. The van der Waals surface area contributed by atoms with E-state index >= 15 is 0 Å². The summed E-state index contributed by atoms with van der Waals surface area (Å²) in [6.07, 6.45) is 2.52. The predicted molar refractivity (Wildman–Crippen MR) is 80.7 cm³/mol. The summed E-state index contributed by atoms with van der Waals surface area (Å²) in [5.41, 5.74) is -0.0742. The Balaban J connectivity index is 3.87. The van der Waals surface area contributed by atoms with Crippen LogP contribution in [0, 0.1) is 11.3 Å². The minimum absolute atomic E-state index is 0.0742. The van der Waals surface area contributed by atoms with Crippen molar-refractivity contribution in [2.45, 2.75) is 66.3 Å². The van der Waals surface area contributed by atoms with Crippen LogP contribution < -0.4 is 10.6 Å². The van der Waals surface area contributed by atoms with Crippen molar-refractivity contribution in [3.05, 3.63) is 0 Å². The summed E-state index contributed by atoms with van der Waals surface area (Å²) in [6, 6.07) is 0.0159. The van der Waals surface area contributed by atoms with E-state index in [4.69, 9.17) is 5.11 Å². The Hall–Kier alpha value is -1.26. The highest BCUT2D eigenvalue weighted by molar-refractivity contribution is 5.74. The molecule has 0 aromatic carbocycles. The van der Waals surface area contributed by atoms with Gasteiger partial charge in [0.05, 0.1) is 0 Å². The highest BCUT2D eigenvalue weighted by Gasteiger charge is 2.19. The van der Waals surface area contributed by atoms with E-state index in [0.717, 1.165) is 12.8 Å². The van der Waals surface area contributed by atoms with E-state index in [9.17, 15) is 9.59 Å². The second-order valence-corrected chi connectivity index (χ2v) is 6.74. The third-order valence-electron chi connectivity index (χ3n) is 3.31. The number of hydrogen-bond donors (Lipinski definition) is 3. The van der Waals surface area contributed by atoms with Crippen LogP contribution in [-0.4, -0.2) is 29.7 Å². The number of carbonyl (C=O) groups is 2. The summed E-state index contributed by atoms with van der Waals surface area (Å²) in [4.78, 5) is 22.2. The van der Waals surface area contributed by atoms with E-state index in [1.54, 1.807) is 0 Å². The third-order valence-corrected chi connectivity index (χ3v) is 3.31. The molecule has 0 heterocycles. The molecule has 5 nitrogen and oxygen atoms in total. The van der Waals surface area contributed by atoms with Gasteiger partial charge in [0, 0.05) is 19.0 Å². The van der Waals surface area contributed by atoms with Gasteiger partial charge in [0.15, 0.2) is 0 Å². The second-order valence-electron chi connectivity index (χ2n) is 6.74. The number of carbonyl (C=O) groups excluding carboxylic acids is 1. The van der Waals surface area contributed by atoms with Crippen LogP contribution in [0.25, 0.3) is 0 Å². The van der Waals surface area contributed by atoms with Crippen molar-refractivity contribution >= 4 is 12.0 Å². The first kappa shape index (κ1) is 18.7. The molecule has 0 aromatic heterocycles. The summed E-state index contributed by atoms with van der Waals surface area (Å²) in [6.45, 7) is 10.9. The standard InChI is InChI=1S/C15H30N2O3/c1-11(2)10-12(3)17-14(20)16-9-8-15(4,5)7-6-13(18)19/h11-12H,6-10H2,1-5H3,(H,18,19)(H2,16,17,20). The highest BCUT2D eigenvalue weighted by atomic mass is 16.4. The number of hydrogen-bond acceptors (Lipinski definition) is 2. The Morgan fingerprint density at radius 1 is 1.15 bits per heavy atom. The van der Waals surface area contributed by atoms with Crippen LogP contribution in [-0.2, 0) is 4.79 Å². The first-order valence-corrected chi connectivity index (χ1v) is 7.38. The lowest BCUT2D eigenvalue weighted by atomic mass is 9.84. The van der Waals surface area contributed by atoms with Crippen molar-refractivity contribution in [1.82, 2.24) is 10.6 Å². The van der Waals surface area contributed by atoms with Gasteiger partial charge in [-0.15, -0.1) is 0 Å². The second kappa shape index (κ2) is 8.82. The smallest absolute Gasteiger partial charge is 0.314 e. The number of nitrogens with one attached hydrogen (secondary N) is 2. The molecule has 0 saturated heterocycles. The monoisotopic (exact) mass is 286 g/mol. The first-order valence-electron chi connectivity index (χ1n) is 7.38. The number of aliphatic carboxylic acids is 1. The molecule has 0 aliphatic carbocycles. The first-order chi connectivity index (χ1) is 9.12. The van der Waals surface area contributed by atoms with Crippen molar-refractivity contribution in [2.24, 2.45) is 11.3 Å². The SMILES string of the molecule is CC(C)CC(C)NC(=O)NCCC(C)(C)CCC(=O)O. The summed E-state index contributed by atoms with van der Waals surface area (Å²) in [7, 11) is 0. The highest BCUT2D eigenvalue weighted by Crippen LogP contribution is 2.25. The molecule has 2 amide bonds. The van der Waals surface area contributed by atoms with Gasteiger partial charge in [-0.25, -0.2) is 4.79 Å². The number of carboxylic acids is 1. The third kappa shape index (κ3) is 10.6. The molecule has 0 aliphatic rings. The molecule has 0 aromatic rings. The maximum absolute atomic E-state index is 11.7. The maximum Gasteiger partial charge on any atom is 0.314 e. The Kier molecular flexibility index (Phi) is 8.26. The van der Waals surface area contributed by atoms with Gasteiger partial charge in [-0.3, -0.25) is 4.79 Å². The molecule has 118 valence electrons. The Morgan fingerprint density at radius 2 is 1.75 bits per heavy atom. The fourth-order valence-corrected chi connectivity index (χ4v) is 2.13. The predicted octanol–water partition coefficient (Wildman–Crippen LogP) is 3.00. The molecule has 20 heavy (non-hydrogen) atoms. The fourth-order valence-electron chi connectivity index (χ4n) is 2.13. The molecule has 0 spiro atoms. The minimum atomic E-state index is -0.772. The number of urea groups is 1. The number of amides is 2. The molecule has 5 heteroatoms. The molecule has 1 unspecified atom stereocenters. The molecule has 0 rings (SSSR count). The van der Waals surface area contributed by atoms with Gasteiger partial charge in [-0.2, -0.15) is 0 Å². The van der Waals surface area contributed by atoms with Crippen molar-refractivity contribution in [2.75, 3.05) is 6.54 Å². The van der Waals surface area contributed by atoms with Crippen molar-refractivity contribution in [1.29, 1.82) is 0 Å². The molecule has 3 N–H and O–H groups in total. The van der Waals surface area contributed by atoms with Crippen molar-refractivity contribution in [3.63, 3.8) is 0 Å². The average Bonchev–Trinajstić information content (AvgIpc) is 2.24. The molecule has 0 fully saturated rings. The van der Waals surface area contributed by atoms with Gasteiger partial charge in [-0.1, -0.05) is 27.7 Å². The Bertz CT molecular complexity index is 314. The molecule has 0 saturated carbocycles. The van der Waals surface area contributed by atoms with Gasteiger partial charge in [0.25, 0.3) is 0 Å². The molecule has 0 radical (unpaired) electrons. The van der Waals surface area contributed by atoms with Gasteiger partial charge in [0.1, 0.15) is 0 Å². The van der Waals surface area contributed by atoms with E-state index < -0.39 is 5.97 Å². The van der Waals surface area contributed by atoms with E-state index in [-0.39, 0.29) is 23.9 Å². The lowest BCUT2D eigenvalue weighted by molar-refractivity contribution is -0.137. The number of rotatable bonds is 9. The van der Waals surface area contributed by atoms with E-state index in [2.05, 4.69) is 24.5 Å². The van der Waals surface area contributed by atoms with Crippen molar-refractivity contribution < 1.29 is 14.7 Å². The zero-order valence-corrected chi connectivity index (χ0v) is 13.5. The Morgan fingerprint density at radius 3 is 2.25 bits per heavy atom. The topological polar surface area (TPSA) is 78.4 Å². The summed E-state index contributed by atoms with van der Waals surface area (Å²) in [5.74, 6) is -0.216. The largest absolute Gasteiger partial charge is 0.481 e. The van der Waals surface area contributed by atoms with Crippen LogP contribution in [0.1, 0.15) is 60.3 Å². The minimum Gasteiger partial charge on any atom is -0.481 e. The zero-order chi connectivity index (χ0) is 15.8. The molecular weight excluding hydrogens is 256 g/mol. The molecular formula is C15H30N2O3. The molecule has 0 bridgehead atoms. The average molecular weight is 286 g/mol. The maximum atomic E-state index is 11.7. The fraction of sp³-hybridized carbons (Fsp3) is 0.867. The van der Waals surface area contributed by atoms with Crippen molar-refractivity contribution in [3.8, 4) is 0 Å². The normalized spacial score (nSPS) is 13.1. The van der Waals surface area contributed by atoms with Crippen LogP contribution in [0.3, 0.4) is 0 Å². The van der Waals surface area contributed by atoms with E-state index in [1.807, 2.05) is 20.8 Å². The molecule has 1 atom stereocenters. The molecule has 0 aliphatic heterocycles. The Labute approximate surface area is 122 Å². The van der Waals surface area contributed by atoms with Crippen LogP contribution in [0.15, 0.2) is 0 Å². The van der Waals surface area contributed by atoms with Crippen LogP contribution in [0.4, 0.5) is 4.79 Å².